The van der Waals surface area contributed by atoms with E-state index in [4.69, 9.17) is 14.4 Å². The molecule has 2 aromatic heterocycles. The first kappa shape index (κ1) is 27.0. The highest BCUT2D eigenvalue weighted by Crippen LogP contribution is 2.35. The van der Waals surface area contributed by atoms with Crippen molar-refractivity contribution >= 4 is 32.7 Å². The van der Waals surface area contributed by atoms with Crippen molar-refractivity contribution in [3.8, 4) is 56.2 Å². The van der Waals surface area contributed by atoms with Gasteiger partial charge in [-0.3, -0.25) is 0 Å². The quantitative estimate of drug-likeness (QED) is 0.197. The van der Waals surface area contributed by atoms with Gasteiger partial charge < -0.3 is 4.42 Å². The standard InChI is InChI=1S/C44H28N2O/c1-2-9-29(10-3-1)31-17-20-32(21-18-31)40-28-41(36-14-8-13-34(26-36)35-22-19-30-11-4-5-12-33(30)25-35)46-44(45-40)37-23-24-39-38-15-6-7-16-42(38)47-43(39)27-37/h1-28H. The highest BCUT2D eigenvalue weighted by Gasteiger charge is 2.14. The first-order valence-electron chi connectivity index (χ1n) is 15.8. The molecule has 0 aliphatic rings. The van der Waals surface area contributed by atoms with Crippen LogP contribution in [0, 0.1) is 0 Å². The van der Waals surface area contributed by atoms with Gasteiger partial charge in [-0.2, -0.15) is 0 Å². The maximum Gasteiger partial charge on any atom is 0.160 e. The van der Waals surface area contributed by atoms with Crippen molar-refractivity contribution < 1.29 is 4.42 Å². The third-order valence-corrected chi connectivity index (χ3v) is 8.89. The highest BCUT2D eigenvalue weighted by molar-refractivity contribution is 6.05. The predicted molar refractivity (Wildman–Crippen MR) is 194 cm³/mol. The van der Waals surface area contributed by atoms with E-state index in [0.717, 1.165) is 55.6 Å². The number of aromatic nitrogens is 2. The van der Waals surface area contributed by atoms with Gasteiger partial charge in [-0.05, 0) is 69.4 Å². The third-order valence-electron chi connectivity index (χ3n) is 8.89. The second-order valence-corrected chi connectivity index (χ2v) is 11.9. The van der Waals surface area contributed by atoms with Gasteiger partial charge in [0.25, 0.3) is 0 Å². The van der Waals surface area contributed by atoms with Crippen LogP contribution >= 0.6 is 0 Å². The van der Waals surface area contributed by atoms with Gasteiger partial charge in [-0.15, -0.1) is 0 Å². The molecule has 7 aromatic carbocycles. The molecule has 0 saturated heterocycles. The lowest BCUT2D eigenvalue weighted by Crippen LogP contribution is -1.96. The fourth-order valence-electron chi connectivity index (χ4n) is 6.43. The van der Waals surface area contributed by atoms with Crippen molar-refractivity contribution in [1.82, 2.24) is 9.97 Å². The summed E-state index contributed by atoms with van der Waals surface area (Å²) in [6.45, 7) is 0. The summed E-state index contributed by atoms with van der Waals surface area (Å²) >= 11 is 0. The summed E-state index contributed by atoms with van der Waals surface area (Å²) in [4.78, 5) is 10.3. The number of fused-ring (bicyclic) bond motifs is 4. The summed E-state index contributed by atoms with van der Waals surface area (Å²) in [6, 6.07) is 59.3. The van der Waals surface area contributed by atoms with Crippen molar-refractivity contribution in [2.45, 2.75) is 0 Å². The van der Waals surface area contributed by atoms with Gasteiger partial charge in [0.1, 0.15) is 11.2 Å². The Balaban J connectivity index is 1.18. The average Bonchev–Trinajstić information content (AvgIpc) is 3.53. The zero-order chi connectivity index (χ0) is 31.2. The van der Waals surface area contributed by atoms with Gasteiger partial charge in [0.2, 0.25) is 0 Å². The Hall–Kier alpha value is -6.32. The summed E-state index contributed by atoms with van der Waals surface area (Å²) in [5, 5.41) is 4.65. The molecule has 2 heterocycles. The molecule has 220 valence electrons. The number of nitrogens with zero attached hydrogens (tertiary/aromatic N) is 2. The Bertz CT molecular complexity index is 2560. The van der Waals surface area contributed by atoms with E-state index in [-0.39, 0.29) is 0 Å². The molecule has 47 heavy (non-hydrogen) atoms. The Morgan fingerprint density at radius 1 is 0.319 bits per heavy atom. The van der Waals surface area contributed by atoms with Gasteiger partial charge in [-0.25, -0.2) is 9.97 Å². The lowest BCUT2D eigenvalue weighted by atomic mass is 9.98. The summed E-state index contributed by atoms with van der Waals surface area (Å²) < 4.78 is 6.24. The number of benzene rings is 7. The third kappa shape index (κ3) is 5.04. The maximum absolute atomic E-state index is 6.24. The summed E-state index contributed by atoms with van der Waals surface area (Å²) in [6.07, 6.45) is 0. The van der Waals surface area contributed by atoms with Crippen molar-refractivity contribution in [1.29, 1.82) is 0 Å². The van der Waals surface area contributed by atoms with Crippen LogP contribution in [0.4, 0.5) is 0 Å². The summed E-state index contributed by atoms with van der Waals surface area (Å²) in [5.74, 6) is 0.656. The average molecular weight is 601 g/mol. The summed E-state index contributed by atoms with van der Waals surface area (Å²) in [7, 11) is 0. The number of furan rings is 1. The van der Waals surface area contributed by atoms with Crippen molar-refractivity contribution in [3.05, 3.63) is 170 Å². The molecule has 0 atom stereocenters. The zero-order valence-corrected chi connectivity index (χ0v) is 25.5. The molecule has 0 N–H and O–H groups in total. The van der Waals surface area contributed by atoms with Crippen LogP contribution in [0.15, 0.2) is 174 Å². The van der Waals surface area contributed by atoms with Crippen LogP contribution in [0.5, 0.6) is 0 Å². The van der Waals surface area contributed by atoms with Gasteiger partial charge >= 0.3 is 0 Å². The topological polar surface area (TPSA) is 38.9 Å². The molecule has 0 radical (unpaired) electrons. The SMILES string of the molecule is c1ccc(-c2ccc(-c3cc(-c4cccc(-c5ccc6ccccc6c5)c4)nc(-c4ccc5c(c4)oc4ccccc45)n3)cc2)cc1. The van der Waals surface area contributed by atoms with E-state index in [1.165, 1.54) is 27.5 Å². The molecule has 0 aliphatic carbocycles. The van der Waals surface area contributed by atoms with Gasteiger partial charge in [0, 0.05) is 27.5 Å². The molecule has 0 unspecified atom stereocenters. The Kier molecular flexibility index (Phi) is 6.46. The fraction of sp³-hybridized carbons (Fsp3) is 0. The molecule has 0 spiro atoms. The Morgan fingerprint density at radius 3 is 1.79 bits per heavy atom. The molecule has 0 fully saturated rings. The van der Waals surface area contributed by atoms with Crippen LogP contribution in [-0.2, 0) is 0 Å². The lowest BCUT2D eigenvalue weighted by Gasteiger charge is -2.11. The van der Waals surface area contributed by atoms with E-state index < -0.39 is 0 Å². The molecule has 0 saturated carbocycles. The largest absolute Gasteiger partial charge is 0.456 e. The van der Waals surface area contributed by atoms with Crippen LogP contribution in [-0.4, -0.2) is 9.97 Å². The van der Waals surface area contributed by atoms with Gasteiger partial charge in [0.15, 0.2) is 5.82 Å². The minimum atomic E-state index is 0.656. The number of hydrogen-bond donors (Lipinski definition) is 0. The fourth-order valence-corrected chi connectivity index (χ4v) is 6.43. The minimum Gasteiger partial charge on any atom is -0.456 e. The lowest BCUT2D eigenvalue weighted by molar-refractivity contribution is 0.669. The van der Waals surface area contributed by atoms with Crippen LogP contribution in [0.3, 0.4) is 0 Å². The smallest absolute Gasteiger partial charge is 0.160 e. The Labute approximate surface area is 272 Å². The Morgan fingerprint density at radius 2 is 0.915 bits per heavy atom. The summed E-state index contributed by atoms with van der Waals surface area (Å²) in [5.41, 5.74) is 11.1. The molecule has 9 rings (SSSR count). The minimum absolute atomic E-state index is 0.656. The number of rotatable bonds is 5. The van der Waals surface area contributed by atoms with Gasteiger partial charge in [-0.1, -0.05) is 133 Å². The zero-order valence-electron chi connectivity index (χ0n) is 25.5. The highest BCUT2D eigenvalue weighted by atomic mass is 16.3. The molecule has 9 aromatic rings. The normalized spacial score (nSPS) is 11.4. The van der Waals surface area contributed by atoms with E-state index in [0.29, 0.717) is 5.82 Å². The molecule has 3 heteroatoms. The van der Waals surface area contributed by atoms with E-state index in [1.807, 2.05) is 24.3 Å². The molecule has 0 bridgehead atoms. The monoisotopic (exact) mass is 600 g/mol. The van der Waals surface area contributed by atoms with Crippen molar-refractivity contribution in [3.63, 3.8) is 0 Å². The van der Waals surface area contributed by atoms with Crippen molar-refractivity contribution in [2.24, 2.45) is 0 Å². The van der Waals surface area contributed by atoms with Crippen LogP contribution in [0.1, 0.15) is 0 Å². The molecule has 3 nitrogen and oxygen atoms in total. The number of para-hydroxylation sites is 1. The van der Waals surface area contributed by atoms with E-state index in [9.17, 15) is 0 Å². The van der Waals surface area contributed by atoms with Crippen LogP contribution in [0.25, 0.3) is 88.9 Å². The van der Waals surface area contributed by atoms with Gasteiger partial charge in [0.05, 0.1) is 11.4 Å². The van der Waals surface area contributed by atoms with E-state index >= 15 is 0 Å². The molecular weight excluding hydrogens is 572 g/mol. The van der Waals surface area contributed by atoms with Crippen molar-refractivity contribution in [2.75, 3.05) is 0 Å². The number of hydrogen-bond acceptors (Lipinski definition) is 3. The van der Waals surface area contributed by atoms with E-state index in [2.05, 4.69) is 146 Å². The van der Waals surface area contributed by atoms with Crippen LogP contribution < -0.4 is 0 Å². The maximum atomic E-state index is 6.24. The molecular formula is C44H28N2O. The predicted octanol–water partition coefficient (Wildman–Crippen LogP) is 11.9. The molecule has 0 amide bonds. The van der Waals surface area contributed by atoms with E-state index in [1.54, 1.807) is 0 Å². The first-order chi connectivity index (χ1) is 23.2. The molecule has 0 aliphatic heterocycles. The van der Waals surface area contributed by atoms with Crippen LogP contribution in [0.2, 0.25) is 0 Å². The second-order valence-electron chi connectivity index (χ2n) is 11.9. The second kappa shape index (κ2) is 11.2. The first-order valence-corrected chi connectivity index (χ1v) is 15.8.